The summed E-state index contributed by atoms with van der Waals surface area (Å²) in [6, 6.07) is 17.7. The third-order valence-electron chi connectivity index (χ3n) is 5.45. The predicted octanol–water partition coefficient (Wildman–Crippen LogP) is 6.18. The molecule has 3 aromatic carbocycles. The molecule has 1 aromatic heterocycles. The van der Waals surface area contributed by atoms with Crippen LogP contribution >= 0.6 is 0 Å². The molecule has 0 spiro atoms. The van der Waals surface area contributed by atoms with E-state index in [1.165, 1.54) is 38.1 Å². The lowest BCUT2D eigenvalue weighted by Crippen LogP contribution is -2.38. The van der Waals surface area contributed by atoms with E-state index < -0.39 is 24.0 Å². The normalized spacial score (nSPS) is 12.8. The minimum absolute atomic E-state index is 0.352. The van der Waals surface area contributed by atoms with Crippen LogP contribution in [0.1, 0.15) is 36.8 Å². The minimum Gasteiger partial charge on any atom is -0.479 e. The third kappa shape index (κ3) is 5.54. The van der Waals surface area contributed by atoms with E-state index >= 15 is 0 Å². The topological polar surface area (TPSA) is 93.7 Å². The number of carboxylic acid groups (broad SMARTS) is 1. The van der Waals surface area contributed by atoms with Crippen LogP contribution in [0.4, 0.5) is 13.2 Å². The zero-order chi connectivity index (χ0) is 26.1. The van der Waals surface area contributed by atoms with E-state index in [9.17, 15) is 23.1 Å². The van der Waals surface area contributed by atoms with Gasteiger partial charge in [-0.15, -0.1) is 13.2 Å². The Morgan fingerprint density at radius 3 is 2.28 bits per heavy atom. The van der Waals surface area contributed by atoms with E-state index in [4.69, 9.17) is 9.47 Å². The fraction of sp³-hybridized carbons (Fsp3) is 0.231. The number of alkyl halides is 3. The van der Waals surface area contributed by atoms with E-state index in [-0.39, 0.29) is 5.75 Å². The molecule has 1 unspecified atom stereocenters. The number of halogens is 3. The van der Waals surface area contributed by atoms with Crippen LogP contribution in [0.25, 0.3) is 10.9 Å². The van der Waals surface area contributed by atoms with Gasteiger partial charge in [-0.25, -0.2) is 4.79 Å². The van der Waals surface area contributed by atoms with Gasteiger partial charge >= 0.3 is 12.3 Å². The molecular formula is C26H23F3N2O5. The van der Waals surface area contributed by atoms with Gasteiger partial charge in [0.1, 0.15) is 22.9 Å². The number of hydrogen-bond acceptors (Lipinski definition) is 5. The summed E-state index contributed by atoms with van der Waals surface area (Å²) >= 11 is 0. The third-order valence-corrected chi connectivity index (χ3v) is 5.45. The van der Waals surface area contributed by atoms with Crippen LogP contribution in [0, 0.1) is 6.92 Å². The molecule has 2 N–H and O–H groups in total. The zero-order valence-corrected chi connectivity index (χ0v) is 19.6. The number of carboxylic acids is 1. The Morgan fingerprint density at radius 2 is 1.64 bits per heavy atom. The van der Waals surface area contributed by atoms with Gasteiger partial charge in [0, 0.05) is 5.39 Å². The van der Waals surface area contributed by atoms with Gasteiger partial charge in [-0.2, -0.15) is 5.10 Å². The van der Waals surface area contributed by atoms with Crippen molar-refractivity contribution >= 4 is 16.9 Å². The maximum Gasteiger partial charge on any atom is 0.573 e. The summed E-state index contributed by atoms with van der Waals surface area (Å²) in [5.74, 6) is -0.647. The molecule has 0 saturated carbocycles. The van der Waals surface area contributed by atoms with Crippen molar-refractivity contribution in [2.75, 3.05) is 0 Å². The van der Waals surface area contributed by atoms with Gasteiger partial charge < -0.3 is 19.3 Å². The van der Waals surface area contributed by atoms with Crippen LogP contribution in [-0.2, 0) is 4.79 Å². The molecule has 1 atom stereocenters. The fourth-order valence-electron chi connectivity index (χ4n) is 3.57. The quantitative estimate of drug-likeness (QED) is 0.300. The summed E-state index contributed by atoms with van der Waals surface area (Å²) in [6.45, 7) is 4.65. The molecule has 4 aromatic rings. The Labute approximate surface area is 204 Å². The van der Waals surface area contributed by atoms with Gasteiger partial charge in [-0.05, 0) is 68.3 Å². The lowest BCUT2D eigenvalue weighted by atomic mass is 10.0. The average Bonchev–Trinajstić information content (AvgIpc) is 3.22. The number of aryl methyl sites for hydroxylation is 1. The number of para-hydroxylation sites is 1. The fourth-order valence-corrected chi connectivity index (χ4v) is 3.57. The number of aromatic nitrogens is 2. The van der Waals surface area contributed by atoms with Crippen LogP contribution in [0.5, 0.6) is 17.2 Å². The van der Waals surface area contributed by atoms with Gasteiger partial charge in [0.25, 0.3) is 0 Å². The van der Waals surface area contributed by atoms with E-state index in [0.29, 0.717) is 28.3 Å². The highest BCUT2D eigenvalue weighted by Gasteiger charge is 2.32. The number of rotatable bonds is 8. The summed E-state index contributed by atoms with van der Waals surface area (Å²) in [5.41, 5.74) is 1.08. The lowest BCUT2D eigenvalue weighted by Gasteiger charge is -2.24. The first-order valence-corrected chi connectivity index (χ1v) is 10.9. The van der Waals surface area contributed by atoms with Crippen molar-refractivity contribution < 1.29 is 37.3 Å². The minimum atomic E-state index is -4.80. The molecule has 0 amide bonds. The first-order chi connectivity index (χ1) is 16.9. The standard InChI is InChI=1S/C26H23F3N2O5/c1-15-14-18(12-13-21(15)36-25(2,3)24(32)33)34-23(22-19-6-4-5-7-20(19)30-31-22)16-8-10-17(11-9-16)35-26(27,28)29/h4-14,23H,1-3H3,(H,30,31)(H,32,33). The van der Waals surface area contributed by atoms with Crippen molar-refractivity contribution in [1.29, 1.82) is 0 Å². The number of nitrogens with one attached hydrogen (secondary N) is 1. The monoisotopic (exact) mass is 500 g/mol. The first kappa shape index (κ1) is 24.9. The van der Waals surface area contributed by atoms with E-state index in [2.05, 4.69) is 14.9 Å². The number of fused-ring (bicyclic) bond motifs is 1. The number of nitrogens with zero attached hydrogens (tertiary/aromatic N) is 1. The molecule has 0 aliphatic heterocycles. The van der Waals surface area contributed by atoms with Crippen LogP contribution in [0.2, 0.25) is 0 Å². The van der Waals surface area contributed by atoms with Crippen molar-refractivity contribution in [3.05, 3.63) is 83.6 Å². The van der Waals surface area contributed by atoms with Gasteiger partial charge in [-0.1, -0.05) is 30.3 Å². The van der Waals surface area contributed by atoms with E-state index in [1.54, 1.807) is 25.1 Å². The SMILES string of the molecule is Cc1cc(OC(c2ccc(OC(F)(F)F)cc2)c2n[nH]c3ccccc23)ccc1OC(C)(C)C(=O)O. The highest BCUT2D eigenvalue weighted by Crippen LogP contribution is 2.35. The zero-order valence-electron chi connectivity index (χ0n) is 19.6. The summed E-state index contributed by atoms with van der Waals surface area (Å²) in [4.78, 5) is 11.4. The number of carbonyl (C=O) groups is 1. The van der Waals surface area contributed by atoms with E-state index in [0.717, 1.165) is 10.9 Å². The Hall–Kier alpha value is -4.21. The molecule has 10 heteroatoms. The number of hydrogen-bond donors (Lipinski definition) is 2. The van der Waals surface area contributed by atoms with Crippen molar-refractivity contribution in [1.82, 2.24) is 10.2 Å². The summed E-state index contributed by atoms with van der Waals surface area (Å²) < 4.78 is 53.7. The molecule has 0 aliphatic rings. The Morgan fingerprint density at radius 1 is 0.972 bits per heavy atom. The Balaban J connectivity index is 1.68. The molecule has 0 radical (unpaired) electrons. The molecule has 188 valence electrons. The van der Waals surface area contributed by atoms with Crippen LogP contribution in [-0.4, -0.2) is 33.2 Å². The maximum absolute atomic E-state index is 12.6. The van der Waals surface area contributed by atoms with E-state index in [1.807, 2.05) is 24.3 Å². The van der Waals surface area contributed by atoms with Crippen molar-refractivity contribution in [2.45, 2.75) is 38.8 Å². The maximum atomic E-state index is 12.6. The number of H-pyrrole nitrogens is 1. The van der Waals surface area contributed by atoms with Gasteiger partial charge in [0.15, 0.2) is 11.7 Å². The summed E-state index contributed by atoms with van der Waals surface area (Å²) in [5, 5.41) is 17.5. The molecule has 36 heavy (non-hydrogen) atoms. The largest absolute Gasteiger partial charge is 0.573 e. The molecule has 1 heterocycles. The summed E-state index contributed by atoms with van der Waals surface area (Å²) in [7, 11) is 0. The second-order valence-electron chi connectivity index (χ2n) is 8.61. The smallest absolute Gasteiger partial charge is 0.479 e. The number of aliphatic carboxylic acids is 1. The molecule has 0 fully saturated rings. The van der Waals surface area contributed by atoms with Gasteiger partial charge in [-0.3, -0.25) is 5.10 Å². The molecule has 0 aliphatic carbocycles. The second-order valence-corrected chi connectivity index (χ2v) is 8.61. The molecule has 4 rings (SSSR count). The Kier molecular flexibility index (Phi) is 6.53. The number of benzene rings is 3. The molecule has 0 saturated heterocycles. The first-order valence-electron chi connectivity index (χ1n) is 10.9. The van der Waals surface area contributed by atoms with Crippen LogP contribution in [0.3, 0.4) is 0 Å². The van der Waals surface area contributed by atoms with Gasteiger partial charge in [0.2, 0.25) is 0 Å². The van der Waals surface area contributed by atoms with Crippen LogP contribution in [0.15, 0.2) is 66.7 Å². The molecular weight excluding hydrogens is 477 g/mol. The number of ether oxygens (including phenoxy) is 3. The predicted molar refractivity (Wildman–Crippen MR) is 125 cm³/mol. The van der Waals surface area contributed by atoms with Crippen molar-refractivity contribution in [2.24, 2.45) is 0 Å². The summed E-state index contributed by atoms with van der Waals surface area (Å²) in [6.07, 6.45) is -5.57. The highest BCUT2D eigenvalue weighted by molar-refractivity contribution is 5.82. The van der Waals surface area contributed by atoms with Crippen LogP contribution < -0.4 is 14.2 Å². The average molecular weight is 500 g/mol. The number of aromatic amines is 1. The van der Waals surface area contributed by atoms with Crippen molar-refractivity contribution in [3.8, 4) is 17.2 Å². The Bertz CT molecular complexity index is 1380. The van der Waals surface area contributed by atoms with Crippen molar-refractivity contribution in [3.63, 3.8) is 0 Å². The molecule has 7 nitrogen and oxygen atoms in total. The highest BCUT2D eigenvalue weighted by atomic mass is 19.4. The molecule has 0 bridgehead atoms. The second kappa shape index (κ2) is 9.44. The lowest BCUT2D eigenvalue weighted by molar-refractivity contribution is -0.274. The van der Waals surface area contributed by atoms with Gasteiger partial charge in [0.05, 0.1) is 5.52 Å².